The predicted molar refractivity (Wildman–Crippen MR) is 103 cm³/mol. The van der Waals surface area contributed by atoms with Gasteiger partial charge in [0.25, 0.3) is 0 Å². The molecule has 0 bridgehead atoms. The summed E-state index contributed by atoms with van der Waals surface area (Å²) in [6.45, 7) is 2.39. The first-order valence-corrected chi connectivity index (χ1v) is 7.21. The molecule has 6 heteroatoms. The first kappa shape index (κ1) is 19.2. The first-order valence-electron chi connectivity index (χ1n) is 7.21. The average Bonchev–Trinajstić information content (AvgIpc) is 2.52. The van der Waals surface area contributed by atoms with Gasteiger partial charge in [0.05, 0.1) is 6.54 Å². The highest BCUT2D eigenvalue weighted by Gasteiger charge is 2.08. The Morgan fingerprint density at radius 2 is 1.96 bits per heavy atom. The average molecular weight is 429 g/mol. The third-order valence-electron chi connectivity index (χ3n) is 3.07. The molecule has 0 heterocycles. The van der Waals surface area contributed by atoms with Crippen LogP contribution in [0.1, 0.15) is 13.3 Å². The Labute approximate surface area is 153 Å². The number of rotatable bonds is 6. The monoisotopic (exact) mass is 429 g/mol. The number of benzene rings is 2. The maximum absolute atomic E-state index is 13.1. The van der Waals surface area contributed by atoms with E-state index in [1.807, 2.05) is 37.3 Å². The molecule has 2 rings (SSSR count). The molecule has 0 spiro atoms. The minimum absolute atomic E-state index is 0. The lowest BCUT2D eigenvalue weighted by Gasteiger charge is -2.16. The zero-order chi connectivity index (χ0) is 15.8. The van der Waals surface area contributed by atoms with Gasteiger partial charge in [-0.2, -0.15) is 0 Å². The van der Waals surface area contributed by atoms with Crippen molar-refractivity contribution in [1.29, 1.82) is 0 Å². The number of guanidine groups is 1. The summed E-state index contributed by atoms with van der Waals surface area (Å²) in [6, 6.07) is 15.7. The summed E-state index contributed by atoms with van der Waals surface area (Å²) in [6.07, 6.45) is 0.594. The van der Waals surface area contributed by atoms with E-state index < -0.39 is 0 Å². The van der Waals surface area contributed by atoms with E-state index in [9.17, 15) is 4.39 Å². The number of aliphatic imine (C=N–C) groups is 1. The highest BCUT2D eigenvalue weighted by molar-refractivity contribution is 14.0. The summed E-state index contributed by atoms with van der Waals surface area (Å²) in [5.74, 6) is 0.505. The molecule has 0 radical (unpaired) electrons. The summed E-state index contributed by atoms with van der Waals surface area (Å²) in [7, 11) is 0. The van der Waals surface area contributed by atoms with Crippen LogP contribution in [0.15, 0.2) is 59.6 Å². The molecule has 0 amide bonds. The molecule has 0 aliphatic carbocycles. The first-order chi connectivity index (χ1) is 10.7. The molecular weight excluding hydrogens is 408 g/mol. The van der Waals surface area contributed by atoms with E-state index >= 15 is 0 Å². The van der Waals surface area contributed by atoms with Crippen molar-refractivity contribution < 1.29 is 9.13 Å². The Hall–Kier alpha value is -1.83. The minimum atomic E-state index is -0.318. The van der Waals surface area contributed by atoms with Crippen LogP contribution < -0.4 is 15.8 Å². The molecule has 0 saturated heterocycles. The molecule has 0 saturated carbocycles. The van der Waals surface area contributed by atoms with E-state index in [-0.39, 0.29) is 35.9 Å². The van der Waals surface area contributed by atoms with E-state index in [2.05, 4.69) is 10.3 Å². The van der Waals surface area contributed by atoms with Gasteiger partial charge in [0.15, 0.2) is 5.96 Å². The van der Waals surface area contributed by atoms with Crippen LogP contribution in [-0.4, -0.2) is 18.6 Å². The van der Waals surface area contributed by atoms with E-state index in [0.29, 0.717) is 18.3 Å². The minimum Gasteiger partial charge on any atom is -0.488 e. The fraction of sp³-hybridized carbons (Fsp3) is 0.235. The second-order valence-corrected chi connectivity index (χ2v) is 4.82. The fourth-order valence-electron chi connectivity index (χ4n) is 1.89. The number of nitrogens with two attached hydrogens (primary N) is 1. The molecule has 2 aromatic rings. The van der Waals surface area contributed by atoms with Crippen LogP contribution in [0.4, 0.5) is 10.1 Å². The van der Waals surface area contributed by atoms with Crippen LogP contribution in [0.3, 0.4) is 0 Å². The van der Waals surface area contributed by atoms with E-state index in [1.165, 1.54) is 12.1 Å². The van der Waals surface area contributed by atoms with Gasteiger partial charge in [0, 0.05) is 11.8 Å². The van der Waals surface area contributed by atoms with Crippen LogP contribution in [0, 0.1) is 5.82 Å². The van der Waals surface area contributed by atoms with Gasteiger partial charge in [-0.25, -0.2) is 9.38 Å². The Balaban J connectivity index is 0.00000264. The number of hydrogen-bond acceptors (Lipinski definition) is 2. The number of ether oxygens (including phenoxy) is 1. The molecule has 0 aliphatic rings. The third-order valence-corrected chi connectivity index (χ3v) is 3.07. The Morgan fingerprint density at radius 3 is 2.61 bits per heavy atom. The smallest absolute Gasteiger partial charge is 0.193 e. The number of para-hydroxylation sites is 1. The maximum Gasteiger partial charge on any atom is 0.193 e. The van der Waals surface area contributed by atoms with Gasteiger partial charge < -0.3 is 15.8 Å². The standard InChI is InChI=1S/C17H20FN3O.HI/c1-2-15(22-16-10-6-7-13(18)11-16)12-20-17(19)21-14-8-4-3-5-9-14;/h3-11,15H,2,12H2,1H3,(H3,19,20,21);1H. The largest absolute Gasteiger partial charge is 0.488 e. The van der Waals surface area contributed by atoms with Gasteiger partial charge in [0.1, 0.15) is 17.7 Å². The van der Waals surface area contributed by atoms with Crippen LogP contribution >= 0.6 is 24.0 Å². The zero-order valence-electron chi connectivity index (χ0n) is 12.9. The Bertz CT molecular complexity index is 622. The lowest BCUT2D eigenvalue weighted by molar-refractivity contribution is 0.205. The van der Waals surface area contributed by atoms with Crippen molar-refractivity contribution in [3.8, 4) is 5.75 Å². The Kier molecular flexibility index (Phi) is 8.39. The highest BCUT2D eigenvalue weighted by Crippen LogP contribution is 2.15. The fourth-order valence-corrected chi connectivity index (χ4v) is 1.89. The summed E-state index contributed by atoms with van der Waals surface area (Å²) in [4.78, 5) is 4.27. The van der Waals surface area contributed by atoms with Crippen molar-refractivity contribution in [3.63, 3.8) is 0 Å². The summed E-state index contributed by atoms with van der Waals surface area (Å²) < 4.78 is 18.9. The van der Waals surface area contributed by atoms with Crippen molar-refractivity contribution >= 4 is 35.6 Å². The van der Waals surface area contributed by atoms with Crippen molar-refractivity contribution in [2.24, 2.45) is 10.7 Å². The van der Waals surface area contributed by atoms with E-state index in [1.54, 1.807) is 12.1 Å². The Morgan fingerprint density at radius 1 is 1.22 bits per heavy atom. The molecule has 0 aromatic heterocycles. The quantitative estimate of drug-likeness (QED) is 0.414. The molecule has 1 unspecified atom stereocenters. The SMILES string of the molecule is CCC(CN=C(N)Nc1ccccc1)Oc1cccc(F)c1.I. The molecular formula is C17H21FIN3O. The van der Waals surface area contributed by atoms with Gasteiger partial charge in [-0.15, -0.1) is 24.0 Å². The van der Waals surface area contributed by atoms with Crippen molar-refractivity contribution in [3.05, 3.63) is 60.4 Å². The van der Waals surface area contributed by atoms with Crippen LogP contribution in [-0.2, 0) is 0 Å². The van der Waals surface area contributed by atoms with Gasteiger partial charge in [-0.05, 0) is 30.7 Å². The van der Waals surface area contributed by atoms with Gasteiger partial charge in [0.2, 0.25) is 0 Å². The van der Waals surface area contributed by atoms with Gasteiger partial charge in [-0.3, -0.25) is 0 Å². The molecule has 0 fully saturated rings. The predicted octanol–water partition coefficient (Wildman–Crippen LogP) is 4.03. The molecule has 1 atom stereocenters. The number of nitrogens with one attached hydrogen (secondary N) is 1. The second kappa shape index (κ2) is 10.0. The van der Waals surface area contributed by atoms with E-state index in [4.69, 9.17) is 10.5 Å². The van der Waals surface area contributed by atoms with Gasteiger partial charge >= 0.3 is 0 Å². The lowest BCUT2D eigenvalue weighted by atomic mass is 10.2. The summed E-state index contributed by atoms with van der Waals surface area (Å²) in [5.41, 5.74) is 6.73. The van der Waals surface area contributed by atoms with Crippen molar-refractivity contribution in [1.82, 2.24) is 0 Å². The van der Waals surface area contributed by atoms with E-state index in [0.717, 1.165) is 12.1 Å². The molecule has 2 aromatic carbocycles. The number of hydrogen-bond donors (Lipinski definition) is 2. The highest BCUT2D eigenvalue weighted by atomic mass is 127. The lowest BCUT2D eigenvalue weighted by Crippen LogP contribution is -2.26. The van der Waals surface area contributed by atoms with Crippen LogP contribution in [0.2, 0.25) is 0 Å². The summed E-state index contributed by atoms with van der Waals surface area (Å²) >= 11 is 0. The summed E-state index contributed by atoms with van der Waals surface area (Å²) in [5, 5.41) is 3.01. The van der Waals surface area contributed by atoms with Crippen LogP contribution in [0.25, 0.3) is 0 Å². The number of anilines is 1. The zero-order valence-corrected chi connectivity index (χ0v) is 15.2. The molecule has 3 N–H and O–H groups in total. The second-order valence-electron chi connectivity index (χ2n) is 4.82. The van der Waals surface area contributed by atoms with Crippen molar-refractivity contribution in [2.45, 2.75) is 19.4 Å². The number of nitrogens with zero attached hydrogens (tertiary/aromatic N) is 1. The molecule has 23 heavy (non-hydrogen) atoms. The molecule has 4 nitrogen and oxygen atoms in total. The topological polar surface area (TPSA) is 59.6 Å². The normalized spacial score (nSPS) is 12.2. The van der Waals surface area contributed by atoms with Crippen molar-refractivity contribution in [2.75, 3.05) is 11.9 Å². The maximum atomic E-state index is 13.1. The van der Waals surface area contributed by atoms with Crippen LogP contribution in [0.5, 0.6) is 5.75 Å². The molecule has 0 aliphatic heterocycles. The number of halogens is 2. The molecule has 124 valence electrons. The third kappa shape index (κ3) is 6.85. The van der Waals surface area contributed by atoms with Gasteiger partial charge in [-0.1, -0.05) is 31.2 Å².